The molecule has 0 aromatic heterocycles. The fraction of sp³-hybridized carbons (Fsp3) is 0.462. The molecule has 106 valence electrons. The van der Waals surface area contributed by atoms with Crippen molar-refractivity contribution in [1.82, 2.24) is 0 Å². The van der Waals surface area contributed by atoms with Gasteiger partial charge in [0, 0.05) is 24.3 Å². The Kier molecular flexibility index (Phi) is 5.44. The highest BCUT2D eigenvalue weighted by molar-refractivity contribution is 5.67. The molecular weight excluding hydrogens is 248 g/mol. The summed E-state index contributed by atoms with van der Waals surface area (Å²) in [4.78, 5) is 10.5. The average molecular weight is 268 g/mol. The second-order valence-electron chi connectivity index (χ2n) is 4.26. The molecule has 0 saturated carbocycles. The van der Waals surface area contributed by atoms with E-state index in [-0.39, 0.29) is 6.42 Å². The average Bonchev–Trinajstić information content (AvgIpc) is 2.36. The van der Waals surface area contributed by atoms with Crippen molar-refractivity contribution in [2.75, 3.05) is 26.1 Å². The number of benzene rings is 1. The van der Waals surface area contributed by atoms with Gasteiger partial charge in [0.05, 0.1) is 20.6 Å². The molecule has 1 unspecified atom stereocenters. The Labute approximate surface area is 112 Å². The van der Waals surface area contributed by atoms with Gasteiger partial charge in [0.25, 0.3) is 0 Å². The van der Waals surface area contributed by atoms with Crippen LogP contribution in [-0.2, 0) is 4.79 Å². The van der Waals surface area contributed by atoms with Gasteiger partial charge in [0.1, 0.15) is 0 Å². The highest BCUT2D eigenvalue weighted by Gasteiger charge is 2.11. The summed E-state index contributed by atoms with van der Waals surface area (Å²) in [6.45, 7) is 2.30. The van der Waals surface area contributed by atoms with E-state index < -0.39 is 12.0 Å². The Morgan fingerprint density at radius 3 is 2.47 bits per heavy atom. The Morgan fingerprint density at radius 2 is 1.95 bits per heavy atom. The quantitative estimate of drug-likeness (QED) is 0.688. The van der Waals surface area contributed by atoms with E-state index in [0.29, 0.717) is 18.0 Å². The fourth-order valence-electron chi connectivity index (χ4n) is 1.71. The number of carboxylic acid groups (broad SMARTS) is 1. The third-order valence-electron chi connectivity index (χ3n) is 2.72. The van der Waals surface area contributed by atoms with Crippen LogP contribution >= 0.6 is 0 Å². The number of hydrogen-bond donors (Lipinski definition) is 3. The molecule has 1 aromatic carbocycles. The van der Waals surface area contributed by atoms with Gasteiger partial charge in [-0.2, -0.15) is 0 Å². The maximum atomic E-state index is 10.5. The number of aryl methyl sites for hydroxylation is 1. The largest absolute Gasteiger partial charge is 0.493 e. The van der Waals surface area contributed by atoms with Crippen molar-refractivity contribution in [2.45, 2.75) is 19.4 Å². The van der Waals surface area contributed by atoms with Crippen LogP contribution in [0, 0.1) is 6.92 Å². The van der Waals surface area contributed by atoms with E-state index in [1.807, 2.05) is 19.1 Å². The number of nitrogens with two attached hydrogens (primary N) is 1. The van der Waals surface area contributed by atoms with Crippen LogP contribution in [0.2, 0.25) is 0 Å². The Hall–Kier alpha value is -1.95. The van der Waals surface area contributed by atoms with Gasteiger partial charge in [-0.15, -0.1) is 0 Å². The summed E-state index contributed by atoms with van der Waals surface area (Å²) in [5.74, 6) is 0.362. The number of carbonyl (C=O) groups is 1. The molecule has 0 radical (unpaired) electrons. The Morgan fingerprint density at radius 1 is 1.37 bits per heavy atom. The number of ether oxygens (including phenoxy) is 2. The molecule has 0 aliphatic rings. The van der Waals surface area contributed by atoms with Crippen LogP contribution in [0.15, 0.2) is 12.1 Å². The van der Waals surface area contributed by atoms with Gasteiger partial charge in [0.15, 0.2) is 11.5 Å². The van der Waals surface area contributed by atoms with Crippen molar-refractivity contribution < 1.29 is 19.4 Å². The van der Waals surface area contributed by atoms with Gasteiger partial charge < -0.3 is 25.6 Å². The van der Waals surface area contributed by atoms with Gasteiger partial charge >= 0.3 is 5.97 Å². The van der Waals surface area contributed by atoms with Crippen molar-refractivity contribution in [3.05, 3.63) is 17.7 Å². The van der Waals surface area contributed by atoms with Crippen LogP contribution in [0.3, 0.4) is 0 Å². The summed E-state index contributed by atoms with van der Waals surface area (Å²) in [7, 11) is 3.14. The molecule has 0 spiro atoms. The molecule has 0 bridgehead atoms. The lowest BCUT2D eigenvalue weighted by atomic mass is 10.1. The first-order valence-corrected chi connectivity index (χ1v) is 5.91. The molecule has 0 saturated heterocycles. The molecule has 1 atom stereocenters. The molecule has 6 nitrogen and oxygen atoms in total. The van der Waals surface area contributed by atoms with Crippen LogP contribution in [0.5, 0.6) is 11.5 Å². The number of nitrogens with one attached hydrogen (secondary N) is 1. The van der Waals surface area contributed by atoms with Gasteiger partial charge in [0.2, 0.25) is 0 Å². The second kappa shape index (κ2) is 6.84. The molecule has 0 fully saturated rings. The molecule has 4 N–H and O–H groups in total. The van der Waals surface area contributed by atoms with Crippen molar-refractivity contribution in [2.24, 2.45) is 5.73 Å². The fourth-order valence-corrected chi connectivity index (χ4v) is 1.71. The predicted octanol–water partition coefficient (Wildman–Crippen LogP) is 1.23. The summed E-state index contributed by atoms with van der Waals surface area (Å²) in [5, 5.41) is 11.8. The zero-order valence-electron chi connectivity index (χ0n) is 11.4. The molecule has 19 heavy (non-hydrogen) atoms. The lowest BCUT2D eigenvalue weighted by Crippen LogP contribution is -2.31. The number of methoxy groups -OCH3 is 2. The van der Waals surface area contributed by atoms with E-state index in [2.05, 4.69) is 5.32 Å². The molecule has 6 heteroatoms. The number of anilines is 1. The van der Waals surface area contributed by atoms with E-state index in [1.165, 1.54) is 0 Å². The highest BCUT2D eigenvalue weighted by atomic mass is 16.5. The lowest BCUT2D eigenvalue weighted by molar-refractivity contribution is -0.137. The molecule has 0 aliphatic carbocycles. The standard InChI is InChI=1S/C13H20N2O4/c1-8-4-11(18-2)12(19-3)6-10(8)15-7-9(14)5-13(16)17/h4,6,9,15H,5,7,14H2,1-3H3,(H,16,17). The zero-order valence-corrected chi connectivity index (χ0v) is 11.4. The third kappa shape index (κ3) is 4.33. The minimum absolute atomic E-state index is 0.0701. The topological polar surface area (TPSA) is 93.8 Å². The monoisotopic (exact) mass is 268 g/mol. The molecule has 0 heterocycles. The van der Waals surface area contributed by atoms with E-state index in [4.69, 9.17) is 20.3 Å². The summed E-state index contributed by atoms with van der Waals surface area (Å²) >= 11 is 0. The summed E-state index contributed by atoms with van der Waals surface area (Å²) in [5.41, 5.74) is 7.52. The molecule has 1 rings (SSSR count). The van der Waals surface area contributed by atoms with E-state index >= 15 is 0 Å². The van der Waals surface area contributed by atoms with Crippen molar-refractivity contribution >= 4 is 11.7 Å². The van der Waals surface area contributed by atoms with E-state index in [1.54, 1.807) is 14.2 Å². The molecule has 0 amide bonds. The minimum atomic E-state index is -0.904. The van der Waals surface area contributed by atoms with Crippen LogP contribution in [-0.4, -0.2) is 37.9 Å². The maximum Gasteiger partial charge on any atom is 0.304 e. The van der Waals surface area contributed by atoms with Gasteiger partial charge in [-0.1, -0.05) is 0 Å². The van der Waals surface area contributed by atoms with Gasteiger partial charge in [-0.3, -0.25) is 4.79 Å². The summed E-state index contributed by atoms with van der Waals surface area (Å²) < 4.78 is 10.4. The Balaban J connectivity index is 2.75. The van der Waals surface area contributed by atoms with Gasteiger partial charge in [-0.05, 0) is 18.6 Å². The number of aliphatic carboxylic acids is 1. The minimum Gasteiger partial charge on any atom is -0.493 e. The number of hydrogen-bond acceptors (Lipinski definition) is 5. The predicted molar refractivity (Wildman–Crippen MR) is 73.0 cm³/mol. The van der Waals surface area contributed by atoms with Crippen molar-refractivity contribution in [1.29, 1.82) is 0 Å². The van der Waals surface area contributed by atoms with E-state index in [9.17, 15) is 4.79 Å². The molecule has 1 aromatic rings. The first-order valence-electron chi connectivity index (χ1n) is 5.91. The first-order chi connectivity index (χ1) is 8.97. The van der Waals surface area contributed by atoms with Crippen LogP contribution < -0.4 is 20.5 Å². The van der Waals surface area contributed by atoms with E-state index in [0.717, 1.165) is 11.3 Å². The maximum absolute atomic E-state index is 10.5. The SMILES string of the molecule is COc1cc(C)c(NCC(N)CC(=O)O)cc1OC. The van der Waals surface area contributed by atoms with Crippen LogP contribution in [0.1, 0.15) is 12.0 Å². The van der Waals surface area contributed by atoms with Crippen molar-refractivity contribution in [3.63, 3.8) is 0 Å². The first kappa shape index (κ1) is 15.1. The normalized spacial score (nSPS) is 11.8. The molecule has 0 aliphatic heterocycles. The smallest absolute Gasteiger partial charge is 0.304 e. The zero-order chi connectivity index (χ0) is 14.4. The second-order valence-corrected chi connectivity index (χ2v) is 4.26. The lowest BCUT2D eigenvalue weighted by Gasteiger charge is -2.16. The summed E-state index contributed by atoms with van der Waals surface area (Å²) in [6.07, 6.45) is -0.0701. The number of rotatable bonds is 7. The van der Waals surface area contributed by atoms with Crippen molar-refractivity contribution in [3.8, 4) is 11.5 Å². The molecular formula is C13H20N2O4. The van der Waals surface area contributed by atoms with Crippen LogP contribution in [0.4, 0.5) is 5.69 Å². The van der Waals surface area contributed by atoms with Gasteiger partial charge in [-0.25, -0.2) is 0 Å². The highest BCUT2D eigenvalue weighted by Crippen LogP contribution is 2.32. The summed E-state index contributed by atoms with van der Waals surface area (Å²) in [6, 6.07) is 3.22. The number of carboxylic acids is 1. The van der Waals surface area contributed by atoms with Crippen LogP contribution in [0.25, 0.3) is 0 Å². The Bertz CT molecular complexity index is 449. The third-order valence-corrected chi connectivity index (χ3v) is 2.72.